The Labute approximate surface area is 553 Å². The van der Waals surface area contributed by atoms with Gasteiger partial charge in [0.2, 0.25) is 0 Å². The van der Waals surface area contributed by atoms with Crippen molar-refractivity contribution >= 4 is 28.0 Å². The highest BCUT2D eigenvalue weighted by atomic mass is 16.5. The summed E-state index contributed by atoms with van der Waals surface area (Å²) in [5, 5.41) is 82.8. The lowest BCUT2D eigenvalue weighted by molar-refractivity contribution is -0.142. The maximum Gasteiger partial charge on any atom is 0.173 e. The van der Waals surface area contributed by atoms with Crippen LogP contribution in [-0.4, -0.2) is 92.2 Å². The number of fused-ring (bicyclic) bond motifs is 9. The Morgan fingerprint density at radius 1 is 0.734 bits per heavy atom. The van der Waals surface area contributed by atoms with E-state index in [1.165, 1.54) is 7.11 Å². The fraction of sp³-hybridized carbons (Fsp3) is 0.407. The normalized spacial score (nSPS) is 27.0. The van der Waals surface area contributed by atoms with Gasteiger partial charge in [-0.1, -0.05) is 136 Å². The van der Waals surface area contributed by atoms with E-state index in [9.17, 15) is 35.4 Å². The predicted molar refractivity (Wildman–Crippen MR) is 371 cm³/mol. The SMILES string of the molecule is CCCC1C(O)Cc2cc(c[nH]2)C(C)CNCC(O)Cc2ccc3cc(Cc4ccccc4)c(cc3c2O)NC2=CC(=CCN2)CC2CC3C#CC(c4ccccc4C4C=CC(Cc5cccc(O)c5)C(C)C4)c4cc(O)c(OC)cc4CCC(=O)C(O)C(=O)C3CC1C2. The second-order valence-corrected chi connectivity index (χ2v) is 27.7. The zero-order chi connectivity index (χ0) is 65.6. The number of dihydropyridines is 1. The van der Waals surface area contributed by atoms with Crippen molar-refractivity contribution in [3.8, 4) is 34.8 Å². The summed E-state index contributed by atoms with van der Waals surface area (Å²) >= 11 is 0. The lowest BCUT2D eigenvalue weighted by Crippen LogP contribution is -2.40. The molecule has 7 aromatic rings. The number of aromatic hydroxyl groups is 3. The van der Waals surface area contributed by atoms with Crippen molar-refractivity contribution in [2.75, 3.05) is 32.1 Å². The van der Waals surface area contributed by atoms with Gasteiger partial charge in [-0.3, -0.25) is 9.59 Å². The first kappa shape index (κ1) is 65.7. The first-order chi connectivity index (χ1) is 45.5. The van der Waals surface area contributed by atoms with E-state index in [-0.39, 0.29) is 77.8 Å². The number of hydrogen-bond donors (Lipinski definition) is 10. The molecule has 2 aliphatic heterocycles. The van der Waals surface area contributed by atoms with E-state index in [2.05, 4.69) is 126 Å². The number of nitrogens with one attached hydrogen (secondary N) is 4. The van der Waals surface area contributed by atoms with Gasteiger partial charge in [-0.2, -0.15) is 0 Å². The summed E-state index contributed by atoms with van der Waals surface area (Å²) in [5.41, 5.74) is 11.3. The Morgan fingerprint density at radius 3 is 2.34 bits per heavy atom. The topological polar surface area (TPSA) is 217 Å². The van der Waals surface area contributed by atoms with E-state index in [1.54, 1.807) is 18.2 Å². The van der Waals surface area contributed by atoms with Gasteiger partial charge in [-0.25, -0.2) is 0 Å². The number of carbonyl (C=O) groups excluding carboxylic acids is 2. The number of aliphatic hydroxyl groups is 3. The van der Waals surface area contributed by atoms with Crippen LogP contribution in [0.4, 0.5) is 5.69 Å². The van der Waals surface area contributed by atoms with Crippen molar-refractivity contribution in [1.29, 1.82) is 0 Å². The van der Waals surface area contributed by atoms with Gasteiger partial charge in [0, 0.05) is 79.6 Å². The van der Waals surface area contributed by atoms with Gasteiger partial charge in [0.25, 0.3) is 0 Å². The minimum atomic E-state index is -1.89. The van der Waals surface area contributed by atoms with Crippen LogP contribution in [0, 0.1) is 53.3 Å². The van der Waals surface area contributed by atoms with Crippen molar-refractivity contribution in [2.24, 2.45) is 41.4 Å². The van der Waals surface area contributed by atoms with E-state index in [0.29, 0.717) is 81.4 Å². The van der Waals surface area contributed by atoms with Crippen LogP contribution in [-0.2, 0) is 41.7 Å². The molecule has 0 spiro atoms. The van der Waals surface area contributed by atoms with Gasteiger partial charge >= 0.3 is 0 Å². The second-order valence-electron chi connectivity index (χ2n) is 27.7. The minimum Gasteiger partial charge on any atom is -0.508 e. The molecular weight excluding hydrogens is 1170 g/mol. The molecular formula is C81H92N4O9. The molecule has 0 radical (unpaired) electrons. The molecule has 3 heterocycles. The molecule has 13 nitrogen and oxygen atoms in total. The summed E-state index contributed by atoms with van der Waals surface area (Å²) in [5.74, 6) is 5.95. The smallest absolute Gasteiger partial charge is 0.173 e. The summed E-state index contributed by atoms with van der Waals surface area (Å²) < 4.78 is 5.70. The van der Waals surface area contributed by atoms with Crippen molar-refractivity contribution in [3.63, 3.8) is 0 Å². The molecule has 13 atom stereocenters. The number of rotatable bonds is 9. The van der Waals surface area contributed by atoms with E-state index < -0.39 is 47.6 Å². The molecule has 94 heavy (non-hydrogen) atoms. The van der Waals surface area contributed by atoms with E-state index in [1.807, 2.05) is 60.8 Å². The summed E-state index contributed by atoms with van der Waals surface area (Å²) in [6.45, 7) is 8.00. The molecule has 1 fully saturated rings. The molecule has 0 amide bonds. The summed E-state index contributed by atoms with van der Waals surface area (Å²) in [7, 11) is 1.49. The van der Waals surface area contributed by atoms with Gasteiger partial charge in [0.15, 0.2) is 29.2 Å². The minimum absolute atomic E-state index is 0.0245. The standard InChI is InChI=1S/C81H92N4O9/c1-5-12-67-60-34-53(30-52-27-28-83-78(36-52)85-73-43-72-57(37-61(73)31-50-13-7-6-8-14-50)21-22-59(79(72)91)39-65(87)47-82-45-49(3)62-38-63(84-46-62)42-75(67)89)33-56-23-25-69(70-44-76(90)77(94-4)41-58(70)24-26-74(88)81(93)80(92)71(56)40-60)68-18-10-9-17-66(68)55-20-19-54(48(2)29-55)32-51-15-11-16-64(86)35-51/h6-11,13-22,27,35-38,41,43-44,46,48-49,53-56,60,65,67,69,71,75,81-87,89-91,93H,5,12,24,26,28-34,39-40,42,45,47H2,1-4H3. The number of phenolic OH excluding ortho intramolecular Hbond substituents is 3. The van der Waals surface area contributed by atoms with Crippen LogP contribution in [0.2, 0.25) is 0 Å². The fourth-order valence-corrected chi connectivity index (χ4v) is 16.1. The number of ether oxygens (including phenoxy) is 1. The summed E-state index contributed by atoms with van der Waals surface area (Å²) in [6.07, 6.45) is 14.1. The number of methoxy groups -OCH3 is 1. The van der Waals surface area contributed by atoms with Crippen LogP contribution >= 0.6 is 0 Å². The maximum atomic E-state index is 15.5. The van der Waals surface area contributed by atoms with Gasteiger partial charge in [-0.05, 0) is 203 Å². The molecule has 1 saturated carbocycles. The summed E-state index contributed by atoms with van der Waals surface area (Å²) in [4.78, 5) is 33.6. The molecule has 12 rings (SSSR count). The molecule has 9 bridgehead atoms. The third-order valence-corrected chi connectivity index (χ3v) is 21.1. The number of aliphatic hydroxyl groups excluding tert-OH is 3. The third-order valence-electron chi connectivity index (χ3n) is 21.1. The average molecular weight is 1270 g/mol. The van der Waals surface area contributed by atoms with Crippen molar-refractivity contribution in [2.45, 2.75) is 140 Å². The number of hydrogen-bond acceptors (Lipinski definition) is 12. The van der Waals surface area contributed by atoms with Crippen LogP contribution in [0.1, 0.15) is 146 Å². The summed E-state index contributed by atoms with van der Waals surface area (Å²) in [6, 6.07) is 39.9. The predicted octanol–water partition coefficient (Wildman–Crippen LogP) is 13.2. The monoisotopic (exact) mass is 1260 g/mol. The number of aryl methyl sites for hydroxylation is 1. The second kappa shape index (κ2) is 29.5. The number of carbonyl (C=O) groups is 2. The molecule has 490 valence electrons. The van der Waals surface area contributed by atoms with E-state index in [0.717, 1.165) is 91.9 Å². The Bertz CT molecular complexity index is 4020. The third kappa shape index (κ3) is 15.1. The first-order valence-electron chi connectivity index (χ1n) is 34.2. The Hall–Kier alpha value is -8.38. The highest BCUT2D eigenvalue weighted by Gasteiger charge is 2.44. The zero-order valence-corrected chi connectivity index (χ0v) is 54.7. The van der Waals surface area contributed by atoms with Gasteiger partial charge < -0.3 is 56.3 Å². The Balaban J connectivity index is 0.966. The molecule has 13 unspecified atom stereocenters. The number of benzene rings is 6. The Morgan fingerprint density at radius 2 is 1.54 bits per heavy atom. The van der Waals surface area contributed by atoms with Gasteiger partial charge in [0.1, 0.15) is 17.3 Å². The molecule has 0 saturated heterocycles. The number of aromatic nitrogens is 1. The number of ketones is 2. The molecule has 3 aliphatic carbocycles. The van der Waals surface area contributed by atoms with Gasteiger partial charge in [0.05, 0.1) is 25.2 Å². The Kier molecular flexibility index (Phi) is 20.6. The molecule has 5 aliphatic rings. The maximum absolute atomic E-state index is 15.5. The zero-order valence-electron chi connectivity index (χ0n) is 54.7. The number of anilines is 1. The quantitative estimate of drug-likeness (QED) is 0.0371. The van der Waals surface area contributed by atoms with E-state index >= 15 is 4.79 Å². The first-order valence-corrected chi connectivity index (χ1v) is 34.2. The lowest BCUT2D eigenvalue weighted by atomic mass is 9.72. The number of Topliss-reactive ketones (excluding diaryl/α,β-unsaturated/α-hetero) is 2. The molecule has 10 N–H and O–H groups in total. The molecule has 6 aromatic carbocycles. The van der Waals surface area contributed by atoms with Gasteiger partial charge in [-0.15, -0.1) is 0 Å². The number of aromatic amines is 1. The van der Waals surface area contributed by atoms with Crippen molar-refractivity contribution < 1.29 is 45.0 Å². The van der Waals surface area contributed by atoms with E-state index in [4.69, 9.17) is 4.74 Å². The van der Waals surface area contributed by atoms with Crippen molar-refractivity contribution in [1.82, 2.24) is 15.6 Å². The lowest BCUT2D eigenvalue weighted by Gasteiger charge is -2.33. The molecule has 1 aromatic heterocycles. The number of phenols is 3. The average Bonchev–Trinajstić information content (AvgIpc) is 0.837. The van der Waals surface area contributed by atoms with Crippen LogP contribution in [0.15, 0.2) is 163 Å². The molecule has 13 heteroatoms. The van der Waals surface area contributed by atoms with Crippen LogP contribution in [0.3, 0.4) is 0 Å². The number of H-pyrrole nitrogens is 1. The fourth-order valence-electron chi connectivity index (χ4n) is 16.1. The van der Waals surface area contributed by atoms with Crippen molar-refractivity contribution in [3.05, 3.63) is 219 Å². The van der Waals surface area contributed by atoms with Crippen LogP contribution in [0.5, 0.6) is 23.0 Å². The highest BCUT2D eigenvalue weighted by Crippen LogP contribution is 2.47. The van der Waals surface area contributed by atoms with Crippen LogP contribution < -0.4 is 20.7 Å². The highest BCUT2D eigenvalue weighted by molar-refractivity contribution is 6.06. The number of β-amino-alcohol motifs (C(OH)–C–C–N with tert-alkyl or cyclic N) is 1. The number of allylic oxidation sites excluding steroid dienone is 4. The van der Waals surface area contributed by atoms with Crippen LogP contribution in [0.25, 0.3) is 10.8 Å². The largest absolute Gasteiger partial charge is 0.508 e.